The molecular weight excluding hydrogens is 428 g/mol. The molecular formula is C24H22N2O3S2. The summed E-state index contributed by atoms with van der Waals surface area (Å²) in [5.74, 6) is -0.0904. The maximum atomic E-state index is 12.6. The Morgan fingerprint density at radius 2 is 1.68 bits per heavy atom. The summed E-state index contributed by atoms with van der Waals surface area (Å²) in [6.45, 7) is 1.97. The van der Waals surface area contributed by atoms with Crippen molar-refractivity contribution in [3.63, 3.8) is 0 Å². The van der Waals surface area contributed by atoms with Gasteiger partial charge in [-0.05, 0) is 52.4 Å². The fourth-order valence-electron chi connectivity index (χ4n) is 3.50. The van der Waals surface area contributed by atoms with Crippen molar-refractivity contribution < 1.29 is 13.2 Å². The molecule has 31 heavy (non-hydrogen) atoms. The van der Waals surface area contributed by atoms with Gasteiger partial charge in [0.25, 0.3) is 10.0 Å². The molecule has 2 N–H and O–H groups in total. The molecule has 7 heteroatoms. The van der Waals surface area contributed by atoms with E-state index in [2.05, 4.69) is 28.2 Å². The molecule has 0 aliphatic rings. The highest BCUT2D eigenvalue weighted by Crippen LogP contribution is 2.24. The molecule has 0 radical (unpaired) electrons. The van der Waals surface area contributed by atoms with Crippen molar-refractivity contribution in [1.29, 1.82) is 0 Å². The first-order valence-corrected chi connectivity index (χ1v) is 12.2. The summed E-state index contributed by atoms with van der Waals surface area (Å²) in [5, 5.41) is 7.04. The second kappa shape index (κ2) is 8.91. The minimum Gasteiger partial charge on any atom is -0.349 e. The minimum atomic E-state index is -3.58. The summed E-state index contributed by atoms with van der Waals surface area (Å²) in [7, 11) is -3.58. The molecule has 0 bridgehead atoms. The lowest BCUT2D eigenvalue weighted by Crippen LogP contribution is -2.28. The van der Waals surface area contributed by atoms with Crippen molar-refractivity contribution >= 4 is 43.7 Å². The molecule has 3 aromatic carbocycles. The first kappa shape index (κ1) is 21.1. The third-order valence-corrected chi connectivity index (χ3v) is 7.78. The summed E-state index contributed by atoms with van der Waals surface area (Å²) >= 11 is 1.16. The van der Waals surface area contributed by atoms with Gasteiger partial charge in [0.15, 0.2) is 0 Å². The Morgan fingerprint density at radius 1 is 0.935 bits per heavy atom. The zero-order valence-corrected chi connectivity index (χ0v) is 18.5. The Morgan fingerprint density at radius 3 is 2.42 bits per heavy atom. The molecule has 4 rings (SSSR count). The number of anilines is 1. The van der Waals surface area contributed by atoms with Gasteiger partial charge in [-0.3, -0.25) is 9.52 Å². The molecule has 0 spiro atoms. The van der Waals surface area contributed by atoms with Crippen LogP contribution in [0.1, 0.15) is 24.1 Å². The maximum absolute atomic E-state index is 12.6. The molecule has 1 unspecified atom stereocenters. The van der Waals surface area contributed by atoms with E-state index in [1.54, 1.807) is 41.8 Å². The van der Waals surface area contributed by atoms with Gasteiger partial charge >= 0.3 is 0 Å². The Balaban J connectivity index is 1.39. The van der Waals surface area contributed by atoms with Crippen LogP contribution in [0, 0.1) is 0 Å². The second-order valence-electron chi connectivity index (χ2n) is 7.27. The van der Waals surface area contributed by atoms with Gasteiger partial charge in [-0.15, -0.1) is 11.3 Å². The SMILES string of the molecule is CC(NC(=O)Cc1ccc(NS(=O)(=O)c2cccs2)cc1)c1cccc2ccccc12. The molecule has 4 aromatic rings. The van der Waals surface area contributed by atoms with Crippen LogP contribution in [0.15, 0.2) is 88.5 Å². The van der Waals surface area contributed by atoms with Crippen molar-refractivity contribution in [3.8, 4) is 0 Å². The summed E-state index contributed by atoms with van der Waals surface area (Å²) in [4.78, 5) is 12.6. The summed E-state index contributed by atoms with van der Waals surface area (Å²) in [6.07, 6.45) is 0.215. The average molecular weight is 451 g/mol. The number of carbonyl (C=O) groups excluding carboxylic acids is 1. The van der Waals surface area contributed by atoms with Crippen LogP contribution in [0.4, 0.5) is 5.69 Å². The zero-order valence-electron chi connectivity index (χ0n) is 16.9. The largest absolute Gasteiger partial charge is 0.349 e. The van der Waals surface area contributed by atoms with E-state index in [1.165, 1.54) is 0 Å². The number of nitrogens with one attached hydrogen (secondary N) is 2. The number of rotatable bonds is 7. The third kappa shape index (κ3) is 4.95. The molecule has 1 atom stereocenters. The second-order valence-corrected chi connectivity index (χ2v) is 10.1. The molecule has 1 aromatic heterocycles. The van der Waals surface area contributed by atoms with E-state index < -0.39 is 10.0 Å². The topological polar surface area (TPSA) is 75.3 Å². The number of benzene rings is 3. The van der Waals surface area contributed by atoms with Crippen LogP contribution in [0.3, 0.4) is 0 Å². The molecule has 158 valence electrons. The number of hydrogen-bond acceptors (Lipinski definition) is 4. The predicted molar refractivity (Wildman–Crippen MR) is 126 cm³/mol. The number of thiophene rings is 1. The third-order valence-electron chi connectivity index (χ3n) is 5.00. The lowest BCUT2D eigenvalue weighted by molar-refractivity contribution is -0.121. The smallest absolute Gasteiger partial charge is 0.271 e. The van der Waals surface area contributed by atoms with Gasteiger partial charge in [0.1, 0.15) is 4.21 Å². The quantitative estimate of drug-likeness (QED) is 0.410. The molecule has 0 saturated carbocycles. The van der Waals surface area contributed by atoms with Crippen LogP contribution in [0.25, 0.3) is 10.8 Å². The van der Waals surface area contributed by atoms with Gasteiger partial charge in [-0.2, -0.15) is 0 Å². The average Bonchev–Trinajstić information content (AvgIpc) is 3.30. The van der Waals surface area contributed by atoms with Crippen molar-refractivity contribution in [2.45, 2.75) is 23.6 Å². The van der Waals surface area contributed by atoms with E-state index in [4.69, 9.17) is 0 Å². The minimum absolute atomic E-state index is 0.0904. The molecule has 1 heterocycles. The van der Waals surface area contributed by atoms with Crippen molar-refractivity contribution in [2.75, 3.05) is 4.72 Å². The normalized spacial score (nSPS) is 12.4. The molecule has 0 fully saturated rings. The summed E-state index contributed by atoms with van der Waals surface area (Å²) < 4.78 is 27.4. The maximum Gasteiger partial charge on any atom is 0.271 e. The van der Waals surface area contributed by atoms with Crippen LogP contribution >= 0.6 is 11.3 Å². The summed E-state index contributed by atoms with van der Waals surface area (Å²) in [5.41, 5.74) is 2.34. The van der Waals surface area contributed by atoms with E-state index >= 15 is 0 Å². The molecule has 0 aliphatic carbocycles. The summed E-state index contributed by atoms with van der Waals surface area (Å²) in [6, 6.07) is 24.2. The Bertz CT molecular complexity index is 1290. The van der Waals surface area contributed by atoms with Gasteiger partial charge in [0, 0.05) is 5.69 Å². The highest BCUT2D eigenvalue weighted by molar-refractivity contribution is 7.94. The first-order chi connectivity index (χ1) is 14.9. The van der Waals surface area contributed by atoms with Gasteiger partial charge < -0.3 is 5.32 Å². The van der Waals surface area contributed by atoms with Crippen LogP contribution in [0.5, 0.6) is 0 Å². The van der Waals surface area contributed by atoms with Crippen LogP contribution in [0.2, 0.25) is 0 Å². The molecule has 0 saturated heterocycles. The van der Waals surface area contributed by atoms with E-state index in [1.807, 2.05) is 31.2 Å². The van der Waals surface area contributed by atoms with Gasteiger partial charge in [-0.25, -0.2) is 8.42 Å². The first-order valence-electron chi connectivity index (χ1n) is 9.85. The lowest BCUT2D eigenvalue weighted by atomic mass is 9.99. The van der Waals surface area contributed by atoms with E-state index in [9.17, 15) is 13.2 Å². The predicted octanol–water partition coefficient (Wildman–Crippen LogP) is 5.12. The number of carbonyl (C=O) groups is 1. The Labute approximate surface area is 185 Å². The lowest BCUT2D eigenvalue weighted by Gasteiger charge is -2.17. The fourth-order valence-corrected chi connectivity index (χ4v) is 5.55. The number of amides is 1. The van der Waals surface area contributed by atoms with Crippen molar-refractivity contribution in [2.24, 2.45) is 0 Å². The van der Waals surface area contributed by atoms with Gasteiger partial charge in [0.2, 0.25) is 5.91 Å². The number of hydrogen-bond donors (Lipinski definition) is 2. The van der Waals surface area contributed by atoms with Crippen LogP contribution < -0.4 is 10.0 Å². The van der Waals surface area contributed by atoms with E-state index in [-0.39, 0.29) is 22.6 Å². The Hall–Kier alpha value is -3.16. The van der Waals surface area contributed by atoms with Gasteiger partial charge in [-0.1, -0.05) is 60.7 Å². The molecule has 5 nitrogen and oxygen atoms in total. The van der Waals surface area contributed by atoms with Crippen LogP contribution in [-0.4, -0.2) is 14.3 Å². The monoisotopic (exact) mass is 450 g/mol. The standard InChI is InChI=1S/C24H22N2O3S2/c1-17(21-9-4-7-19-6-2-3-8-22(19)21)25-23(27)16-18-11-13-20(14-12-18)26-31(28,29)24-10-5-15-30-24/h2-15,17,26H,16H2,1H3,(H,25,27). The zero-order chi connectivity index (χ0) is 21.8. The van der Waals surface area contributed by atoms with E-state index in [0.717, 1.165) is 33.2 Å². The van der Waals surface area contributed by atoms with Crippen LogP contribution in [-0.2, 0) is 21.2 Å². The fraction of sp³-hybridized carbons (Fsp3) is 0.125. The van der Waals surface area contributed by atoms with Crippen molar-refractivity contribution in [3.05, 3.63) is 95.4 Å². The molecule has 1 amide bonds. The Kier molecular flexibility index (Phi) is 6.06. The number of fused-ring (bicyclic) bond motifs is 1. The van der Waals surface area contributed by atoms with Crippen molar-refractivity contribution in [1.82, 2.24) is 5.32 Å². The molecule has 0 aliphatic heterocycles. The number of sulfonamides is 1. The van der Waals surface area contributed by atoms with E-state index in [0.29, 0.717) is 5.69 Å². The highest BCUT2D eigenvalue weighted by Gasteiger charge is 2.16. The van der Waals surface area contributed by atoms with Gasteiger partial charge in [0.05, 0.1) is 12.5 Å². The highest BCUT2D eigenvalue weighted by atomic mass is 32.2.